The lowest BCUT2D eigenvalue weighted by atomic mass is 9.78. The zero-order chi connectivity index (χ0) is 11.4. The zero-order valence-corrected chi connectivity index (χ0v) is 10.2. The molecule has 1 aromatic rings. The third-order valence-electron chi connectivity index (χ3n) is 3.36. The Morgan fingerprint density at radius 3 is 2.69 bits per heavy atom. The molecule has 1 aliphatic carbocycles. The Kier molecular flexibility index (Phi) is 3.88. The lowest BCUT2D eigenvalue weighted by molar-refractivity contribution is 0.227. The average Bonchev–Trinajstić information content (AvgIpc) is 2.23. The summed E-state index contributed by atoms with van der Waals surface area (Å²) in [5, 5.41) is 3.60. The molecular formula is C13H21N3. The third kappa shape index (κ3) is 2.59. The van der Waals surface area contributed by atoms with Crippen molar-refractivity contribution in [2.24, 2.45) is 5.92 Å². The number of hydrogen-bond acceptors (Lipinski definition) is 3. The number of hydrogen-bond donors (Lipinski definition) is 1. The molecule has 0 amide bonds. The molecule has 1 atom stereocenters. The Morgan fingerprint density at radius 1 is 1.38 bits per heavy atom. The van der Waals surface area contributed by atoms with Gasteiger partial charge in [-0.05, 0) is 38.6 Å². The minimum atomic E-state index is 0.418. The molecule has 2 rings (SSSR count). The fourth-order valence-corrected chi connectivity index (χ4v) is 2.15. The fourth-order valence-electron chi connectivity index (χ4n) is 2.15. The molecule has 0 aliphatic heterocycles. The molecule has 3 heteroatoms. The first-order chi connectivity index (χ1) is 7.81. The predicted octanol–water partition coefficient (Wildman–Crippen LogP) is 2.63. The van der Waals surface area contributed by atoms with Crippen LogP contribution in [-0.2, 0) is 0 Å². The summed E-state index contributed by atoms with van der Waals surface area (Å²) >= 11 is 0. The summed E-state index contributed by atoms with van der Waals surface area (Å²) in [5.74, 6) is 0.767. The molecule has 1 heterocycles. The van der Waals surface area contributed by atoms with Gasteiger partial charge >= 0.3 is 0 Å². The highest BCUT2D eigenvalue weighted by atomic mass is 15.0. The SMILES string of the molecule is CCCNC(c1cnc(C)cn1)C1CCC1. The molecular weight excluding hydrogens is 198 g/mol. The van der Waals surface area contributed by atoms with E-state index < -0.39 is 0 Å². The Bertz CT molecular complexity index is 316. The van der Waals surface area contributed by atoms with Crippen molar-refractivity contribution in [3.8, 4) is 0 Å². The van der Waals surface area contributed by atoms with Gasteiger partial charge in [-0.25, -0.2) is 0 Å². The molecule has 1 saturated carbocycles. The Labute approximate surface area is 97.7 Å². The predicted molar refractivity (Wildman–Crippen MR) is 65.1 cm³/mol. The molecule has 16 heavy (non-hydrogen) atoms. The summed E-state index contributed by atoms with van der Waals surface area (Å²) < 4.78 is 0. The van der Waals surface area contributed by atoms with Crippen molar-refractivity contribution in [2.75, 3.05) is 6.54 Å². The molecule has 0 aromatic carbocycles. The second-order valence-corrected chi connectivity index (χ2v) is 4.71. The van der Waals surface area contributed by atoms with Gasteiger partial charge in [-0.2, -0.15) is 0 Å². The van der Waals surface area contributed by atoms with Gasteiger partial charge in [-0.15, -0.1) is 0 Å². The quantitative estimate of drug-likeness (QED) is 0.827. The van der Waals surface area contributed by atoms with E-state index in [1.807, 2.05) is 19.3 Å². The number of nitrogens with zero attached hydrogens (tertiary/aromatic N) is 2. The average molecular weight is 219 g/mol. The van der Waals surface area contributed by atoms with Crippen LogP contribution in [0.1, 0.15) is 50.0 Å². The van der Waals surface area contributed by atoms with Gasteiger partial charge in [-0.3, -0.25) is 9.97 Å². The van der Waals surface area contributed by atoms with Gasteiger partial charge in [-0.1, -0.05) is 13.3 Å². The minimum Gasteiger partial charge on any atom is -0.308 e. The molecule has 0 spiro atoms. The Morgan fingerprint density at radius 2 is 2.19 bits per heavy atom. The van der Waals surface area contributed by atoms with Gasteiger partial charge in [0.2, 0.25) is 0 Å². The van der Waals surface area contributed by atoms with Crippen molar-refractivity contribution in [1.29, 1.82) is 0 Å². The molecule has 0 bridgehead atoms. The topological polar surface area (TPSA) is 37.8 Å². The van der Waals surface area contributed by atoms with Crippen LogP contribution >= 0.6 is 0 Å². The summed E-state index contributed by atoms with van der Waals surface area (Å²) in [6.07, 6.45) is 9.00. The van der Waals surface area contributed by atoms with Gasteiger partial charge in [0.25, 0.3) is 0 Å². The van der Waals surface area contributed by atoms with E-state index in [2.05, 4.69) is 22.2 Å². The lowest BCUT2D eigenvalue weighted by Crippen LogP contribution is -2.33. The van der Waals surface area contributed by atoms with E-state index in [4.69, 9.17) is 0 Å². The van der Waals surface area contributed by atoms with Crippen LogP contribution in [0.5, 0.6) is 0 Å². The van der Waals surface area contributed by atoms with E-state index in [0.717, 1.165) is 23.9 Å². The van der Waals surface area contributed by atoms with Crippen molar-refractivity contribution >= 4 is 0 Å². The summed E-state index contributed by atoms with van der Waals surface area (Å²) in [4.78, 5) is 8.86. The molecule has 1 aromatic heterocycles. The number of aromatic nitrogens is 2. The lowest BCUT2D eigenvalue weighted by Gasteiger charge is -2.34. The smallest absolute Gasteiger partial charge is 0.0759 e. The molecule has 3 nitrogen and oxygen atoms in total. The highest BCUT2D eigenvalue weighted by molar-refractivity contribution is 5.08. The first kappa shape index (κ1) is 11.5. The summed E-state index contributed by atoms with van der Waals surface area (Å²) in [6, 6.07) is 0.418. The highest BCUT2D eigenvalue weighted by Crippen LogP contribution is 2.36. The van der Waals surface area contributed by atoms with Gasteiger partial charge in [0.05, 0.1) is 23.6 Å². The van der Waals surface area contributed by atoms with Crippen LogP contribution < -0.4 is 5.32 Å². The maximum Gasteiger partial charge on any atom is 0.0759 e. The highest BCUT2D eigenvalue weighted by Gasteiger charge is 2.28. The maximum absolute atomic E-state index is 4.51. The molecule has 1 aliphatic rings. The molecule has 1 unspecified atom stereocenters. The molecule has 0 saturated heterocycles. The van der Waals surface area contributed by atoms with Crippen LogP contribution in [0.4, 0.5) is 0 Å². The molecule has 1 fully saturated rings. The van der Waals surface area contributed by atoms with E-state index in [1.165, 1.54) is 25.7 Å². The van der Waals surface area contributed by atoms with E-state index in [0.29, 0.717) is 6.04 Å². The van der Waals surface area contributed by atoms with Crippen LogP contribution in [0, 0.1) is 12.8 Å². The summed E-state index contributed by atoms with van der Waals surface area (Å²) in [6.45, 7) is 5.25. The molecule has 88 valence electrons. The van der Waals surface area contributed by atoms with E-state index in [1.54, 1.807) is 0 Å². The number of nitrogens with one attached hydrogen (secondary N) is 1. The van der Waals surface area contributed by atoms with Crippen molar-refractivity contribution < 1.29 is 0 Å². The van der Waals surface area contributed by atoms with E-state index >= 15 is 0 Å². The molecule has 0 radical (unpaired) electrons. The normalized spacial score (nSPS) is 18.1. The Balaban J connectivity index is 2.07. The monoisotopic (exact) mass is 219 g/mol. The van der Waals surface area contributed by atoms with Crippen molar-refractivity contribution in [3.63, 3.8) is 0 Å². The Hall–Kier alpha value is -0.960. The minimum absolute atomic E-state index is 0.418. The number of rotatable bonds is 5. The first-order valence-corrected chi connectivity index (χ1v) is 6.33. The largest absolute Gasteiger partial charge is 0.308 e. The van der Waals surface area contributed by atoms with Crippen LogP contribution in [0.3, 0.4) is 0 Å². The maximum atomic E-state index is 4.51. The zero-order valence-electron chi connectivity index (χ0n) is 10.2. The molecule has 1 N–H and O–H groups in total. The van der Waals surface area contributed by atoms with Crippen molar-refractivity contribution in [1.82, 2.24) is 15.3 Å². The standard InChI is InChI=1S/C13H21N3/c1-3-7-14-13(11-5-4-6-11)12-9-15-10(2)8-16-12/h8-9,11,13-14H,3-7H2,1-2H3. The van der Waals surface area contributed by atoms with Crippen LogP contribution in [-0.4, -0.2) is 16.5 Å². The van der Waals surface area contributed by atoms with Crippen LogP contribution in [0.25, 0.3) is 0 Å². The number of aryl methyl sites for hydroxylation is 1. The van der Waals surface area contributed by atoms with E-state index in [-0.39, 0.29) is 0 Å². The van der Waals surface area contributed by atoms with Crippen LogP contribution in [0.2, 0.25) is 0 Å². The fraction of sp³-hybridized carbons (Fsp3) is 0.692. The van der Waals surface area contributed by atoms with Gasteiger partial charge in [0.15, 0.2) is 0 Å². The van der Waals surface area contributed by atoms with E-state index in [9.17, 15) is 0 Å². The van der Waals surface area contributed by atoms with Crippen LogP contribution in [0.15, 0.2) is 12.4 Å². The van der Waals surface area contributed by atoms with Gasteiger partial charge in [0, 0.05) is 6.20 Å². The van der Waals surface area contributed by atoms with Crippen molar-refractivity contribution in [3.05, 3.63) is 23.8 Å². The second kappa shape index (κ2) is 5.39. The third-order valence-corrected chi connectivity index (χ3v) is 3.36. The van der Waals surface area contributed by atoms with Gasteiger partial charge < -0.3 is 5.32 Å². The van der Waals surface area contributed by atoms with Gasteiger partial charge in [0.1, 0.15) is 0 Å². The summed E-state index contributed by atoms with van der Waals surface area (Å²) in [5.41, 5.74) is 2.11. The summed E-state index contributed by atoms with van der Waals surface area (Å²) in [7, 11) is 0. The first-order valence-electron chi connectivity index (χ1n) is 6.33. The van der Waals surface area contributed by atoms with Crippen molar-refractivity contribution in [2.45, 2.75) is 45.6 Å². The second-order valence-electron chi connectivity index (χ2n) is 4.71.